The molecule has 2 aromatic rings. The van der Waals surface area contributed by atoms with E-state index < -0.39 is 0 Å². The number of carbonyl (C=O) groups is 2. The Labute approximate surface area is 144 Å². The molecule has 2 amide bonds. The van der Waals surface area contributed by atoms with Gasteiger partial charge in [-0.3, -0.25) is 9.59 Å². The van der Waals surface area contributed by atoms with E-state index in [1.807, 2.05) is 17.0 Å². The number of aryl methyl sites for hydroxylation is 1. The fraction of sp³-hybridized carbons (Fsp3) is 0.333. The summed E-state index contributed by atoms with van der Waals surface area (Å²) in [5.74, 6) is 0.730. The number of rotatable bonds is 3. The van der Waals surface area contributed by atoms with E-state index in [0.717, 1.165) is 24.2 Å². The Hall–Kier alpha value is -2.34. The zero-order valence-electron chi connectivity index (χ0n) is 13.2. The predicted molar refractivity (Wildman–Crippen MR) is 92.3 cm³/mol. The third-order valence-electron chi connectivity index (χ3n) is 4.49. The molecule has 0 atom stereocenters. The average Bonchev–Trinajstić information content (AvgIpc) is 3.07. The van der Waals surface area contributed by atoms with Gasteiger partial charge in [-0.1, -0.05) is 0 Å². The van der Waals surface area contributed by atoms with Gasteiger partial charge in [0.25, 0.3) is 5.91 Å². The zero-order chi connectivity index (χ0) is 16.5. The quantitative estimate of drug-likeness (QED) is 0.933. The molecular formula is C18H18N2O3S. The van der Waals surface area contributed by atoms with Gasteiger partial charge in [0.05, 0.1) is 0 Å². The van der Waals surface area contributed by atoms with Crippen LogP contribution in [0.25, 0.3) is 0 Å². The van der Waals surface area contributed by atoms with Gasteiger partial charge in [0, 0.05) is 30.1 Å². The highest BCUT2D eigenvalue weighted by molar-refractivity contribution is 7.10. The maximum atomic E-state index is 12.4. The largest absolute Gasteiger partial charge is 0.484 e. The molecule has 2 aliphatic heterocycles. The van der Waals surface area contributed by atoms with Crippen LogP contribution in [-0.4, -0.2) is 29.9 Å². The van der Waals surface area contributed by atoms with Crippen molar-refractivity contribution in [2.75, 3.05) is 18.5 Å². The number of nitrogens with one attached hydrogen (secondary N) is 1. The van der Waals surface area contributed by atoms with Gasteiger partial charge in [-0.05, 0) is 53.6 Å². The molecule has 3 heterocycles. The van der Waals surface area contributed by atoms with Crippen LogP contribution in [0.4, 0.5) is 5.69 Å². The first-order valence-corrected chi connectivity index (χ1v) is 8.95. The first-order chi connectivity index (χ1) is 11.7. The first-order valence-electron chi connectivity index (χ1n) is 8.07. The minimum Gasteiger partial charge on any atom is -0.484 e. The molecule has 0 unspecified atom stereocenters. The van der Waals surface area contributed by atoms with Crippen LogP contribution in [-0.2, 0) is 29.0 Å². The van der Waals surface area contributed by atoms with E-state index in [4.69, 9.17) is 4.74 Å². The van der Waals surface area contributed by atoms with Crippen LogP contribution in [0.1, 0.15) is 22.4 Å². The van der Waals surface area contributed by atoms with Crippen molar-refractivity contribution in [3.63, 3.8) is 0 Å². The smallest absolute Gasteiger partial charge is 0.260 e. The van der Waals surface area contributed by atoms with E-state index >= 15 is 0 Å². The maximum absolute atomic E-state index is 12.4. The second kappa shape index (κ2) is 6.28. The van der Waals surface area contributed by atoms with Crippen LogP contribution in [0, 0.1) is 0 Å². The third kappa shape index (κ3) is 3.01. The number of ether oxygens (including phenoxy) is 1. The van der Waals surface area contributed by atoms with Gasteiger partial charge in [0.15, 0.2) is 6.61 Å². The van der Waals surface area contributed by atoms with Crippen LogP contribution < -0.4 is 10.1 Å². The Morgan fingerprint density at radius 1 is 1.21 bits per heavy atom. The Balaban J connectivity index is 1.37. The number of benzene rings is 1. The molecule has 0 spiro atoms. The lowest BCUT2D eigenvalue weighted by Crippen LogP contribution is -2.38. The summed E-state index contributed by atoms with van der Waals surface area (Å²) >= 11 is 1.76. The summed E-state index contributed by atoms with van der Waals surface area (Å²) in [7, 11) is 0. The van der Waals surface area contributed by atoms with Crippen molar-refractivity contribution in [3.05, 3.63) is 45.6 Å². The molecule has 0 aliphatic carbocycles. The summed E-state index contributed by atoms with van der Waals surface area (Å²) < 4.78 is 5.68. The monoisotopic (exact) mass is 342 g/mol. The number of anilines is 1. The number of hydrogen-bond donors (Lipinski definition) is 1. The van der Waals surface area contributed by atoms with E-state index in [1.54, 1.807) is 17.4 Å². The highest BCUT2D eigenvalue weighted by Crippen LogP contribution is 2.27. The molecule has 2 aliphatic rings. The van der Waals surface area contributed by atoms with Crippen molar-refractivity contribution < 1.29 is 14.3 Å². The molecule has 1 N–H and O–H groups in total. The Bertz CT molecular complexity index is 799. The Morgan fingerprint density at radius 2 is 2.12 bits per heavy atom. The first kappa shape index (κ1) is 15.2. The number of hydrogen-bond acceptors (Lipinski definition) is 4. The van der Waals surface area contributed by atoms with Gasteiger partial charge in [0.1, 0.15) is 5.75 Å². The summed E-state index contributed by atoms with van der Waals surface area (Å²) in [5, 5.41) is 4.93. The normalized spacial score (nSPS) is 16.2. The topological polar surface area (TPSA) is 58.6 Å². The molecule has 6 heteroatoms. The second-order valence-electron chi connectivity index (χ2n) is 6.09. The number of carbonyl (C=O) groups excluding carboxylic acids is 2. The molecule has 0 bridgehead atoms. The average molecular weight is 342 g/mol. The lowest BCUT2D eigenvalue weighted by atomic mass is 10.0. The molecule has 0 radical (unpaired) electrons. The number of fused-ring (bicyclic) bond motifs is 2. The van der Waals surface area contributed by atoms with E-state index in [-0.39, 0.29) is 18.4 Å². The molecule has 0 saturated carbocycles. The molecular weight excluding hydrogens is 324 g/mol. The predicted octanol–water partition coefficient (Wildman–Crippen LogP) is 2.60. The summed E-state index contributed by atoms with van der Waals surface area (Å²) in [4.78, 5) is 27.0. The van der Waals surface area contributed by atoms with E-state index in [2.05, 4.69) is 16.8 Å². The minimum atomic E-state index is 0.0119. The van der Waals surface area contributed by atoms with Gasteiger partial charge >= 0.3 is 0 Å². The summed E-state index contributed by atoms with van der Waals surface area (Å²) in [6.07, 6.45) is 2.13. The number of thiophene rings is 1. The van der Waals surface area contributed by atoms with E-state index in [1.165, 1.54) is 10.4 Å². The Kier molecular flexibility index (Phi) is 3.98. The molecule has 0 saturated heterocycles. The van der Waals surface area contributed by atoms with E-state index in [0.29, 0.717) is 25.1 Å². The molecule has 5 nitrogen and oxygen atoms in total. The molecule has 124 valence electrons. The van der Waals surface area contributed by atoms with Crippen molar-refractivity contribution in [2.45, 2.75) is 25.8 Å². The molecule has 1 aromatic carbocycles. The fourth-order valence-electron chi connectivity index (χ4n) is 3.15. The SMILES string of the molecule is O=C1CCc2cc(OCC(=O)N3CCc4sccc4C3)ccc2N1. The van der Waals surface area contributed by atoms with Crippen LogP contribution in [0.5, 0.6) is 5.75 Å². The summed E-state index contributed by atoms with van der Waals surface area (Å²) in [6, 6.07) is 7.64. The standard InChI is InChI=1S/C18H18N2O3S/c21-17-4-1-12-9-14(2-3-15(12)19-17)23-11-18(22)20-7-5-16-13(10-20)6-8-24-16/h2-3,6,8-9H,1,4-5,7,10-11H2,(H,19,21). The molecule has 24 heavy (non-hydrogen) atoms. The molecule has 1 aromatic heterocycles. The maximum Gasteiger partial charge on any atom is 0.260 e. The Morgan fingerprint density at radius 3 is 3.04 bits per heavy atom. The minimum absolute atomic E-state index is 0.0119. The van der Waals surface area contributed by atoms with Crippen LogP contribution in [0.2, 0.25) is 0 Å². The van der Waals surface area contributed by atoms with Gasteiger partial charge < -0.3 is 15.0 Å². The summed E-state index contributed by atoms with van der Waals surface area (Å²) in [5.41, 5.74) is 3.15. The number of amides is 2. The number of nitrogens with zero attached hydrogens (tertiary/aromatic N) is 1. The molecule has 4 rings (SSSR count). The van der Waals surface area contributed by atoms with Gasteiger partial charge in [0.2, 0.25) is 5.91 Å². The van der Waals surface area contributed by atoms with Crippen molar-refractivity contribution in [1.82, 2.24) is 4.90 Å². The highest BCUT2D eigenvalue weighted by atomic mass is 32.1. The fourth-order valence-corrected chi connectivity index (χ4v) is 4.04. The summed E-state index contributed by atoms with van der Waals surface area (Å²) in [6.45, 7) is 1.48. The van der Waals surface area contributed by atoms with Gasteiger partial charge in [-0.2, -0.15) is 0 Å². The highest BCUT2D eigenvalue weighted by Gasteiger charge is 2.22. The van der Waals surface area contributed by atoms with Crippen molar-refractivity contribution in [3.8, 4) is 5.75 Å². The van der Waals surface area contributed by atoms with Crippen LogP contribution in [0.3, 0.4) is 0 Å². The van der Waals surface area contributed by atoms with Crippen molar-refractivity contribution in [1.29, 1.82) is 0 Å². The third-order valence-corrected chi connectivity index (χ3v) is 5.52. The van der Waals surface area contributed by atoms with Crippen LogP contribution >= 0.6 is 11.3 Å². The van der Waals surface area contributed by atoms with Gasteiger partial charge in [-0.25, -0.2) is 0 Å². The van der Waals surface area contributed by atoms with E-state index in [9.17, 15) is 9.59 Å². The lowest BCUT2D eigenvalue weighted by Gasteiger charge is -2.27. The van der Waals surface area contributed by atoms with Crippen molar-refractivity contribution in [2.24, 2.45) is 0 Å². The zero-order valence-corrected chi connectivity index (χ0v) is 14.0. The van der Waals surface area contributed by atoms with Crippen LogP contribution in [0.15, 0.2) is 29.6 Å². The van der Waals surface area contributed by atoms with Crippen molar-refractivity contribution >= 4 is 28.8 Å². The second-order valence-corrected chi connectivity index (χ2v) is 7.09. The lowest BCUT2D eigenvalue weighted by molar-refractivity contribution is -0.134. The van der Waals surface area contributed by atoms with Gasteiger partial charge in [-0.15, -0.1) is 11.3 Å². The molecule has 0 fully saturated rings.